The highest BCUT2D eigenvalue weighted by atomic mass is 35.5. The van der Waals surface area contributed by atoms with Crippen molar-refractivity contribution in [2.45, 2.75) is 12.6 Å². The average molecular weight is 352 g/mol. The van der Waals surface area contributed by atoms with Crippen molar-refractivity contribution < 1.29 is 9.53 Å². The molecule has 2 aromatic heterocycles. The third-order valence-corrected chi connectivity index (χ3v) is 4.42. The lowest BCUT2D eigenvalue weighted by atomic mass is 10.2. The van der Waals surface area contributed by atoms with Gasteiger partial charge in [0.25, 0.3) is 0 Å². The monoisotopic (exact) mass is 351 g/mol. The Bertz CT molecular complexity index is 712. The Labute approximate surface area is 145 Å². The molecule has 8 heteroatoms. The molecule has 1 saturated heterocycles. The predicted molar refractivity (Wildman–Crippen MR) is 91.9 cm³/mol. The van der Waals surface area contributed by atoms with Crippen LogP contribution in [0, 0.1) is 0 Å². The number of rotatable bonds is 5. The number of carbonyl (C=O) groups excluding carboxylic acids is 1. The van der Waals surface area contributed by atoms with Gasteiger partial charge in [-0.15, -0.1) is 0 Å². The second kappa shape index (κ2) is 7.48. The Balaban J connectivity index is 1.55. The Kier molecular flexibility index (Phi) is 5.35. The van der Waals surface area contributed by atoms with Crippen molar-refractivity contribution in [1.29, 1.82) is 0 Å². The maximum Gasteiger partial charge on any atom is 0.241 e. The number of hydrogen-bond acceptors (Lipinski definition) is 5. The molecule has 3 heterocycles. The summed E-state index contributed by atoms with van der Waals surface area (Å²) in [5, 5.41) is 0.686. The third kappa shape index (κ3) is 3.87. The quantitative estimate of drug-likeness (QED) is 0.854. The zero-order chi connectivity index (χ0) is 17.1. The van der Waals surface area contributed by atoms with Crippen molar-refractivity contribution in [3.63, 3.8) is 0 Å². The number of nitrogens with two attached hydrogens (primary N) is 1. The largest absolute Gasteiger partial charge is 0.383 e. The molecule has 7 nitrogen and oxygen atoms in total. The van der Waals surface area contributed by atoms with E-state index in [1.807, 2.05) is 33.8 Å². The maximum absolute atomic E-state index is 12.2. The Hall–Kier alpha value is -1.67. The third-order valence-electron chi connectivity index (χ3n) is 4.20. The minimum absolute atomic E-state index is 0.0427. The van der Waals surface area contributed by atoms with Crippen molar-refractivity contribution in [2.75, 3.05) is 39.9 Å². The summed E-state index contributed by atoms with van der Waals surface area (Å²) in [6.45, 7) is 3.97. The highest BCUT2D eigenvalue weighted by Gasteiger charge is 2.25. The van der Waals surface area contributed by atoms with E-state index in [0.717, 1.165) is 31.0 Å². The van der Waals surface area contributed by atoms with Crippen molar-refractivity contribution in [2.24, 2.45) is 5.73 Å². The van der Waals surface area contributed by atoms with Crippen LogP contribution < -0.4 is 5.73 Å². The van der Waals surface area contributed by atoms with Gasteiger partial charge in [-0.3, -0.25) is 9.69 Å². The highest BCUT2D eigenvalue weighted by molar-refractivity contribution is 6.30. The number of fused-ring (bicyclic) bond motifs is 1. The van der Waals surface area contributed by atoms with E-state index >= 15 is 0 Å². The molecule has 0 radical (unpaired) electrons. The van der Waals surface area contributed by atoms with Crippen molar-refractivity contribution in [3.8, 4) is 0 Å². The zero-order valence-electron chi connectivity index (χ0n) is 13.7. The molecule has 0 aromatic carbocycles. The Morgan fingerprint density at radius 3 is 2.79 bits per heavy atom. The fraction of sp³-hybridized carbons (Fsp3) is 0.500. The maximum atomic E-state index is 12.2. The number of imidazole rings is 1. The normalized spacial score (nSPS) is 17.4. The molecule has 1 atom stereocenters. The topological polar surface area (TPSA) is 76.1 Å². The number of carbonyl (C=O) groups is 1. The van der Waals surface area contributed by atoms with Gasteiger partial charge in [0.1, 0.15) is 11.7 Å². The zero-order valence-corrected chi connectivity index (χ0v) is 14.4. The average Bonchev–Trinajstić information content (AvgIpc) is 2.96. The first-order valence-corrected chi connectivity index (χ1v) is 8.33. The number of halogens is 1. The first kappa shape index (κ1) is 17.2. The molecule has 0 aliphatic carbocycles. The van der Waals surface area contributed by atoms with Gasteiger partial charge in [-0.1, -0.05) is 11.6 Å². The molecule has 0 saturated carbocycles. The molecular formula is C16H22ClN5O2. The van der Waals surface area contributed by atoms with Crippen LogP contribution in [0.5, 0.6) is 0 Å². The van der Waals surface area contributed by atoms with E-state index in [-0.39, 0.29) is 12.5 Å². The number of aromatic nitrogens is 2. The SMILES string of the molecule is COCC(N)C(=O)N1CCN(Cc2cn3cc(Cl)ccc3n2)CC1. The second-order valence-corrected chi connectivity index (χ2v) is 6.44. The number of piperazine rings is 1. The summed E-state index contributed by atoms with van der Waals surface area (Å²) in [6.07, 6.45) is 3.84. The molecule has 3 rings (SSSR count). The van der Waals surface area contributed by atoms with Gasteiger partial charge in [0.15, 0.2) is 0 Å². The minimum Gasteiger partial charge on any atom is -0.383 e. The van der Waals surface area contributed by atoms with Gasteiger partial charge in [-0.2, -0.15) is 0 Å². The fourth-order valence-corrected chi connectivity index (χ4v) is 3.10. The van der Waals surface area contributed by atoms with Crippen molar-refractivity contribution >= 4 is 23.2 Å². The van der Waals surface area contributed by atoms with E-state index in [4.69, 9.17) is 22.1 Å². The van der Waals surface area contributed by atoms with Gasteiger partial charge in [0.2, 0.25) is 5.91 Å². The molecule has 0 spiro atoms. The lowest BCUT2D eigenvalue weighted by Crippen LogP contribution is -2.53. The van der Waals surface area contributed by atoms with E-state index in [2.05, 4.69) is 9.88 Å². The molecule has 1 unspecified atom stereocenters. The number of ether oxygens (including phenoxy) is 1. The summed E-state index contributed by atoms with van der Waals surface area (Å²) < 4.78 is 6.88. The van der Waals surface area contributed by atoms with Crippen LogP contribution in [-0.4, -0.2) is 71.0 Å². The first-order chi connectivity index (χ1) is 11.6. The van der Waals surface area contributed by atoms with Crippen LogP contribution in [0.15, 0.2) is 24.5 Å². The molecule has 130 valence electrons. The van der Waals surface area contributed by atoms with Crippen LogP contribution in [0.4, 0.5) is 0 Å². The van der Waals surface area contributed by atoms with Crippen molar-refractivity contribution in [3.05, 3.63) is 35.2 Å². The van der Waals surface area contributed by atoms with Crippen LogP contribution in [0.2, 0.25) is 5.02 Å². The summed E-state index contributed by atoms with van der Waals surface area (Å²) in [7, 11) is 1.55. The van der Waals surface area contributed by atoms with Gasteiger partial charge in [0, 0.05) is 52.2 Å². The lowest BCUT2D eigenvalue weighted by molar-refractivity contribution is -0.135. The molecule has 1 amide bonds. The van der Waals surface area contributed by atoms with Crippen LogP contribution in [-0.2, 0) is 16.1 Å². The standard InChI is InChI=1S/C16H22ClN5O2/c1-24-11-14(18)16(23)21-6-4-20(5-7-21)9-13-10-22-8-12(17)2-3-15(22)19-13/h2-3,8,10,14H,4-7,9,11,18H2,1H3. The molecular weight excluding hydrogens is 330 g/mol. The number of pyridine rings is 1. The van der Waals surface area contributed by atoms with E-state index in [1.165, 1.54) is 0 Å². The molecule has 0 bridgehead atoms. The fourth-order valence-electron chi connectivity index (χ4n) is 2.93. The summed E-state index contributed by atoms with van der Waals surface area (Å²) in [5.41, 5.74) is 7.70. The molecule has 2 aromatic rings. The summed E-state index contributed by atoms with van der Waals surface area (Å²) in [5.74, 6) is -0.0427. The van der Waals surface area contributed by atoms with Crippen LogP contribution in [0.3, 0.4) is 0 Å². The molecule has 1 fully saturated rings. The number of nitrogens with zero attached hydrogens (tertiary/aromatic N) is 4. The molecule has 1 aliphatic rings. The van der Waals surface area contributed by atoms with Gasteiger partial charge in [0.05, 0.1) is 17.3 Å². The first-order valence-electron chi connectivity index (χ1n) is 7.95. The number of methoxy groups -OCH3 is 1. The van der Waals surface area contributed by atoms with E-state index in [0.29, 0.717) is 18.1 Å². The Morgan fingerprint density at radius 2 is 2.08 bits per heavy atom. The van der Waals surface area contributed by atoms with Crippen LogP contribution in [0.1, 0.15) is 5.69 Å². The van der Waals surface area contributed by atoms with Gasteiger partial charge in [-0.05, 0) is 12.1 Å². The smallest absolute Gasteiger partial charge is 0.241 e. The molecule has 1 aliphatic heterocycles. The number of hydrogen-bond donors (Lipinski definition) is 1. The summed E-state index contributed by atoms with van der Waals surface area (Å²) in [6, 6.07) is 3.16. The van der Waals surface area contributed by atoms with Crippen LogP contribution in [0.25, 0.3) is 5.65 Å². The van der Waals surface area contributed by atoms with Crippen molar-refractivity contribution in [1.82, 2.24) is 19.2 Å². The van der Waals surface area contributed by atoms with Gasteiger partial charge < -0.3 is 19.8 Å². The van der Waals surface area contributed by atoms with E-state index < -0.39 is 6.04 Å². The van der Waals surface area contributed by atoms with E-state index in [9.17, 15) is 4.79 Å². The Morgan fingerprint density at radius 1 is 1.33 bits per heavy atom. The van der Waals surface area contributed by atoms with Crippen LogP contribution >= 0.6 is 11.6 Å². The lowest BCUT2D eigenvalue weighted by Gasteiger charge is -2.35. The summed E-state index contributed by atoms with van der Waals surface area (Å²) >= 11 is 6.00. The van der Waals surface area contributed by atoms with E-state index in [1.54, 1.807) is 7.11 Å². The molecule has 2 N–H and O–H groups in total. The minimum atomic E-state index is -0.579. The second-order valence-electron chi connectivity index (χ2n) is 6.01. The van der Waals surface area contributed by atoms with Gasteiger partial charge >= 0.3 is 0 Å². The summed E-state index contributed by atoms with van der Waals surface area (Å²) in [4.78, 5) is 20.9. The number of amides is 1. The highest BCUT2D eigenvalue weighted by Crippen LogP contribution is 2.14. The molecule has 24 heavy (non-hydrogen) atoms. The van der Waals surface area contributed by atoms with Gasteiger partial charge in [-0.25, -0.2) is 4.98 Å². The predicted octanol–water partition coefficient (Wildman–Crippen LogP) is 0.606.